The zero-order valence-electron chi connectivity index (χ0n) is 11.6. The number of nitrogens with zero attached hydrogens (tertiary/aromatic N) is 1. The van der Waals surface area contributed by atoms with Gasteiger partial charge in [0.25, 0.3) is 10.0 Å². The second-order valence-corrected chi connectivity index (χ2v) is 8.96. The third kappa shape index (κ3) is 4.36. The molecule has 0 heterocycles. The summed E-state index contributed by atoms with van der Waals surface area (Å²) in [6, 6.07) is 8.52. The van der Waals surface area contributed by atoms with Gasteiger partial charge >= 0.3 is 0 Å². The summed E-state index contributed by atoms with van der Waals surface area (Å²) in [5.41, 5.74) is 0.0879. The molecule has 0 spiro atoms. The monoisotopic (exact) mass is 489 g/mol. The standard InChI is InChI=1S/C14H8BrCl4NO3S/c15-8-1-4-12(11(18)5-8)20(7-14(19)21)24(22,23)13-6-9(16)2-3-10(13)17/h1-6H,7H2. The molecule has 0 saturated heterocycles. The Labute approximate surface area is 167 Å². The fourth-order valence-electron chi connectivity index (χ4n) is 1.89. The SMILES string of the molecule is O=C(Cl)CN(c1ccc(Br)cc1Cl)S(=O)(=O)c1cc(Cl)ccc1Cl. The molecule has 2 rings (SSSR count). The molecule has 0 aliphatic heterocycles. The summed E-state index contributed by atoms with van der Waals surface area (Å²) in [4.78, 5) is 11.1. The van der Waals surface area contributed by atoms with E-state index in [-0.39, 0.29) is 25.7 Å². The lowest BCUT2D eigenvalue weighted by molar-refractivity contribution is -0.110. The molecule has 128 valence electrons. The lowest BCUT2D eigenvalue weighted by Crippen LogP contribution is -2.35. The van der Waals surface area contributed by atoms with E-state index in [0.717, 1.165) is 4.31 Å². The molecule has 0 unspecified atom stereocenters. The molecule has 0 aliphatic rings. The topological polar surface area (TPSA) is 54.5 Å². The van der Waals surface area contributed by atoms with Crippen molar-refractivity contribution in [1.29, 1.82) is 0 Å². The summed E-state index contributed by atoms with van der Waals surface area (Å²) < 4.78 is 27.4. The van der Waals surface area contributed by atoms with Crippen molar-refractivity contribution in [3.63, 3.8) is 0 Å². The molecule has 2 aromatic carbocycles. The Morgan fingerprint density at radius 2 is 1.71 bits per heavy atom. The molecule has 24 heavy (non-hydrogen) atoms. The Morgan fingerprint density at radius 1 is 1.04 bits per heavy atom. The van der Waals surface area contributed by atoms with Crippen LogP contribution in [0.3, 0.4) is 0 Å². The maximum absolute atomic E-state index is 13.0. The number of carbonyl (C=O) groups is 1. The van der Waals surface area contributed by atoms with Crippen LogP contribution >= 0.6 is 62.3 Å². The zero-order valence-corrected chi connectivity index (χ0v) is 17.1. The second-order valence-electron chi connectivity index (χ2n) is 4.54. The molecule has 2 aromatic rings. The van der Waals surface area contributed by atoms with Gasteiger partial charge in [-0.15, -0.1) is 0 Å². The number of hydrogen-bond donors (Lipinski definition) is 0. The minimum Gasteiger partial charge on any atom is -0.279 e. The smallest absolute Gasteiger partial charge is 0.266 e. The molecule has 0 N–H and O–H groups in total. The average Bonchev–Trinajstić information content (AvgIpc) is 2.47. The van der Waals surface area contributed by atoms with Crippen LogP contribution in [0.25, 0.3) is 0 Å². The highest BCUT2D eigenvalue weighted by atomic mass is 79.9. The van der Waals surface area contributed by atoms with Gasteiger partial charge in [-0.2, -0.15) is 0 Å². The average molecular weight is 492 g/mol. The molecule has 0 amide bonds. The molecular weight excluding hydrogens is 484 g/mol. The van der Waals surface area contributed by atoms with Crippen LogP contribution in [0.2, 0.25) is 15.1 Å². The second kappa shape index (κ2) is 7.81. The van der Waals surface area contributed by atoms with Gasteiger partial charge in [0, 0.05) is 9.50 Å². The molecule has 0 saturated carbocycles. The largest absolute Gasteiger partial charge is 0.279 e. The third-order valence-corrected chi connectivity index (χ3v) is 6.30. The van der Waals surface area contributed by atoms with Crippen molar-refractivity contribution in [2.24, 2.45) is 0 Å². The number of anilines is 1. The first-order valence-electron chi connectivity index (χ1n) is 6.24. The lowest BCUT2D eigenvalue weighted by Gasteiger charge is -2.24. The Hall–Kier alpha value is -0.500. The van der Waals surface area contributed by atoms with Gasteiger partial charge in [-0.1, -0.05) is 50.7 Å². The van der Waals surface area contributed by atoms with Gasteiger partial charge in [0.2, 0.25) is 5.24 Å². The van der Waals surface area contributed by atoms with Gasteiger partial charge in [0.15, 0.2) is 0 Å². The summed E-state index contributed by atoms with van der Waals surface area (Å²) in [6.45, 7) is -0.617. The number of halogens is 5. The molecule has 4 nitrogen and oxygen atoms in total. The van der Waals surface area contributed by atoms with Crippen molar-refractivity contribution in [3.05, 3.63) is 55.9 Å². The van der Waals surface area contributed by atoms with Crippen molar-refractivity contribution in [3.8, 4) is 0 Å². The van der Waals surface area contributed by atoms with Gasteiger partial charge < -0.3 is 0 Å². The predicted octanol–water partition coefficient (Wildman–Crippen LogP) is 5.37. The normalized spacial score (nSPS) is 11.4. The molecule has 0 aromatic heterocycles. The summed E-state index contributed by atoms with van der Waals surface area (Å²) in [7, 11) is -4.23. The number of rotatable bonds is 5. The number of sulfonamides is 1. The van der Waals surface area contributed by atoms with E-state index in [1.807, 2.05) is 0 Å². The van der Waals surface area contributed by atoms with E-state index < -0.39 is 21.8 Å². The minimum absolute atomic E-state index is 0.0420. The van der Waals surface area contributed by atoms with E-state index in [0.29, 0.717) is 4.47 Å². The van der Waals surface area contributed by atoms with E-state index in [2.05, 4.69) is 15.9 Å². The van der Waals surface area contributed by atoms with Gasteiger partial charge in [-0.3, -0.25) is 9.10 Å². The Balaban J connectivity index is 2.66. The summed E-state index contributed by atoms with van der Waals surface area (Å²) in [5.74, 6) is 0. The maximum Gasteiger partial charge on any atom is 0.266 e. The van der Waals surface area contributed by atoms with E-state index in [1.165, 1.54) is 30.3 Å². The predicted molar refractivity (Wildman–Crippen MR) is 101 cm³/mol. The van der Waals surface area contributed by atoms with Crippen LogP contribution in [0.1, 0.15) is 0 Å². The summed E-state index contributed by atoms with van der Waals surface area (Å²) in [6.07, 6.45) is 0. The zero-order chi connectivity index (χ0) is 18.1. The Kier molecular flexibility index (Phi) is 6.45. The Morgan fingerprint density at radius 3 is 2.29 bits per heavy atom. The van der Waals surface area contributed by atoms with Gasteiger partial charge in [-0.25, -0.2) is 8.42 Å². The third-order valence-electron chi connectivity index (χ3n) is 2.91. The highest BCUT2D eigenvalue weighted by Crippen LogP contribution is 2.35. The molecule has 0 radical (unpaired) electrons. The van der Waals surface area contributed by atoms with Crippen LogP contribution < -0.4 is 4.31 Å². The van der Waals surface area contributed by atoms with Gasteiger partial charge in [-0.05, 0) is 48.0 Å². The highest BCUT2D eigenvalue weighted by molar-refractivity contribution is 9.10. The number of benzene rings is 2. The lowest BCUT2D eigenvalue weighted by atomic mass is 10.3. The van der Waals surface area contributed by atoms with Crippen LogP contribution in [0.15, 0.2) is 45.8 Å². The van der Waals surface area contributed by atoms with Crippen LogP contribution in [-0.4, -0.2) is 20.2 Å². The van der Waals surface area contributed by atoms with Crippen molar-refractivity contribution in [1.82, 2.24) is 0 Å². The van der Waals surface area contributed by atoms with Crippen LogP contribution in [0.4, 0.5) is 5.69 Å². The quantitative estimate of drug-likeness (QED) is 0.528. The van der Waals surface area contributed by atoms with Crippen LogP contribution in [0.5, 0.6) is 0 Å². The first-order chi connectivity index (χ1) is 11.1. The first kappa shape index (κ1) is 19.8. The fraction of sp³-hybridized carbons (Fsp3) is 0.0714. The van der Waals surface area contributed by atoms with Crippen molar-refractivity contribution >= 4 is 83.3 Å². The molecule has 0 atom stereocenters. The van der Waals surface area contributed by atoms with E-state index >= 15 is 0 Å². The van der Waals surface area contributed by atoms with Crippen molar-refractivity contribution in [2.45, 2.75) is 4.90 Å². The maximum atomic E-state index is 13.0. The van der Waals surface area contributed by atoms with Crippen LogP contribution in [0, 0.1) is 0 Å². The van der Waals surface area contributed by atoms with Gasteiger partial charge in [0.1, 0.15) is 11.4 Å². The number of carbonyl (C=O) groups excluding carboxylic acids is 1. The summed E-state index contributed by atoms with van der Waals surface area (Å²) in [5, 5.41) is -0.628. The summed E-state index contributed by atoms with van der Waals surface area (Å²) >= 11 is 26.6. The molecule has 10 heteroatoms. The van der Waals surface area contributed by atoms with Crippen LogP contribution in [-0.2, 0) is 14.8 Å². The van der Waals surface area contributed by atoms with E-state index in [1.54, 1.807) is 6.07 Å². The van der Waals surface area contributed by atoms with Crippen molar-refractivity contribution in [2.75, 3.05) is 10.8 Å². The Bertz CT molecular complexity index is 905. The fourth-order valence-corrected chi connectivity index (χ4v) is 5.09. The van der Waals surface area contributed by atoms with E-state index in [4.69, 9.17) is 46.4 Å². The molecule has 0 bridgehead atoms. The first-order valence-corrected chi connectivity index (χ1v) is 9.98. The molecule has 0 aliphatic carbocycles. The highest BCUT2D eigenvalue weighted by Gasteiger charge is 2.30. The van der Waals surface area contributed by atoms with Gasteiger partial charge in [0.05, 0.1) is 15.7 Å². The minimum atomic E-state index is -4.23. The van der Waals surface area contributed by atoms with E-state index in [9.17, 15) is 13.2 Å². The van der Waals surface area contributed by atoms with Crippen molar-refractivity contribution < 1.29 is 13.2 Å². The molecular formula is C14H8BrCl4NO3S. The molecule has 0 fully saturated rings. The number of hydrogen-bond acceptors (Lipinski definition) is 3.